The monoisotopic (exact) mass is 234 g/mol. The van der Waals surface area contributed by atoms with Gasteiger partial charge in [0.1, 0.15) is 5.82 Å². The Bertz CT molecular complexity index is 366. The second-order valence-corrected chi connectivity index (χ2v) is 4.96. The lowest BCUT2D eigenvalue weighted by Crippen LogP contribution is -2.24. The van der Waals surface area contributed by atoms with Crippen LogP contribution in [-0.2, 0) is 0 Å². The predicted molar refractivity (Wildman–Crippen MR) is 71.2 cm³/mol. The van der Waals surface area contributed by atoms with E-state index in [1.165, 1.54) is 12.8 Å². The fourth-order valence-corrected chi connectivity index (χ4v) is 2.44. The van der Waals surface area contributed by atoms with Gasteiger partial charge >= 0.3 is 0 Å². The highest BCUT2D eigenvalue weighted by molar-refractivity contribution is 5.40. The van der Waals surface area contributed by atoms with Crippen LogP contribution in [0.25, 0.3) is 0 Å². The molecule has 1 aliphatic rings. The molecule has 4 heteroatoms. The summed E-state index contributed by atoms with van der Waals surface area (Å²) < 4.78 is 0. The van der Waals surface area contributed by atoms with E-state index < -0.39 is 0 Å². The Morgan fingerprint density at radius 1 is 1.35 bits per heavy atom. The number of nitrogens with zero attached hydrogens (tertiary/aromatic N) is 2. The van der Waals surface area contributed by atoms with Gasteiger partial charge < -0.3 is 10.6 Å². The summed E-state index contributed by atoms with van der Waals surface area (Å²) in [6, 6.07) is 2.49. The largest absolute Gasteiger partial charge is 0.367 e. The molecule has 0 saturated heterocycles. The molecule has 3 unspecified atom stereocenters. The molecule has 1 heterocycles. The van der Waals surface area contributed by atoms with Crippen LogP contribution in [0.1, 0.15) is 33.6 Å². The molecule has 1 aromatic rings. The van der Waals surface area contributed by atoms with E-state index in [-0.39, 0.29) is 0 Å². The van der Waals surface area contributed by atoms with Crippen molar-refractivity contribution in [2.75, 3.05) is 17.2 Å². The minimum Gasteiger partial charge on any atom is -0.367 e. The minimum absolute atomic E-state index is 0.550. The average molecular weight is 234 g/mol. The molecule has 0 bridgehead atoms. The van der Waals surface area contributed by atoms with Gasteiger partial charge in [0.2, 0.25) is 5.95 Å². The third kappa shape index (κ3) is 2.87. The molecule has 94 valence electrons. The fourth-order valence-electron chi connectivity index (χ4n) is 2.44. The Hall–Kier alpha value is -1.32. The van der Waals surface area contributed by atoms with Crippen LogP contribution in [0.2, 0.25) is 0 Å². The second-order valence-electron chi connectivity index (χ2n) is 4.96. The van der Waals surface area contributed by atoms with Gasteiger partial charge in [0.25, 0.3) is 0 Å². The van der Waals surface area contributed by atoms with E-state index in [4.69, 9.17) is 0 Å². The number of hydrogen-bond donors (Lipinski definition) is 2. The van der Waals surface area contributed by atoms with Gasteiger partial charge in [-0.15, -0.1) is 0 Å². The molecule has 1 saturated carbocycles. The van der Waals surface area contributed by atoms with E-state index in [9.17, 15) is 0 Å². The maximum Gasteiger partial charge on any atom is 0.224 e. The molecule has 0 amide bonds. The predicted octanol–water partition coefficient (Wildman–Crippen LogP) is 2.75. The lowest BCUT2D eigenvalue weighted by Gasteiger charge is -2.20. The molecule has 0 aromatic carbocycles. The summed E-state index contributed by atoms with van der Waals surface area (Å²) in [7, 11) is 0. The first-order valence-corrected chi connectivity index (χ1v) is 6.54. The number of anilines is 2. The summed E-state index contributed by atoms with van der Waals surface area (Å²) in [6.45, 7) is 7.54. The number of rotatable bonds is 4. The molecule has 3 atom stereocenters. The van der Waals surface area contributed by atoms with Crippen molar-refractivity contribution in [3.05, 3.63) is 12.3 Å². The number of hydrogen-bond acceptors (Lipinski definition) is 4. The topological polar surface area (TPSA) is 49.8 Å². The molecule has 1 fully saturated rings. The summed E-state index contributed by atoms with van der Waals surface area (Å²) in [5.41, 5.74) is 0. The highest BCUT2D eigenvalue weighted by Crippen LogP contribution is 2.32. The quantitative estimate of drug-likeness (QED) is 0.841. The Morgan fingerprint density at radius 2 is 2.18 bits per heavy atom. The summed E-state index contributed by atoms with van der Waals surface area (Å²) >= 11 is 0. The minimum atomic E-state index is 0.550. The van der Waals surface area contributed by atoms with E-state index in [0.29, 0.717) is 17.9 Å². The van der Waals surface area contributed by atoms with Crippen LogP contribution in [0, 0.1) is 11.8 Å². The maximum atomic E-state index is 4.45. The van der Waals surface area contributed by atoms with E-state index in [1.807, 2.05) is 13.0 Å². The number of nitrogens with one attached hydrogen (secondary N) is 2. The SMILES string of the molecule is CCNc1nccc(NC2CCC(C)C2C)n1. The zero-order chi connectivity index (χ0) is 12.3. The standard InChI is InChI=1S/C13H22N4/c1-4-14-13-15-8-7-12(17-13)16-11-6-5-9(2)10(11)3/h7-11H,4-6H2,1-3H3,(H2,14,15,16,17). The third-order valence-corrected chi connectivity index (χ3v) is 3.79. The molecule has 1 aliphatic carbocycles. The third-order valence-electron chi connectivity index (χ3n) is 3.79. The summed E-state index contributed by atoms with van der Waals surface area (Å²) in [6.07, 6.45) is 4.35. The van der Waals surface area contributed by atoms with Crippen molar-refractivity contribution in [1.29, 1.82) is 0 Å². The van der Waals surface area contributed by atoms with Crippen LogP contribution in [-0.4, -0.2) is 22.6 Å². The molecule has 0 aliphatic heterocycles. The second kappa shape index (κ2) is 5.34. The molecule has 2 N–H and O–H groups in total. The zero-order valence-corrected chi connectivity index (χ0v) is 10.9. The van der Waals surface area contributed by atoms with Crippen LogP contribution >= 0.6 is 0 Å². The molecule has 1 aromatic heterocycles. The van der Waals surface area contributed by atoms with Crippen LogP contribution in [0.5, 0.6) is 0 Å². The summed E-state index contributed by atoms with van der Waals surface area (Å²) in [5.74, 6) is 3.16. The fraction of sp³-hybridized carbons (Fsp3) is 0.692. The molecule has 0 radical (unpaired) electrons. The normalized spacial score (nSPS) is 28.1. The highest BCUT2D eigenvalue weighted by Gasteiger charge is 2.29. The molecule has 17 heavy (non-hydrogen) atoms. The molecule has 4 nitrogen and oxygen atoms in total. The van der Waals surface area contributed by atoms with Gasteiger partial charge in [0, 0.05) is 18.8 Å². The zero-order valence-electron chi connectivity index (χ0n) is 10.9. The Morgan fingerprint density at radius 3 is 2.82 bits per heavy atom. The first-order chi connectivity index (χ1) is 8.20. The molecular weight excluding hydrogens is 212 g/mol. The summed E-state index contributed by atoms with van der Waals surface area (Å²) in [5, 5.41) is 6.66. The first kappa shape index (κ1) is 12.1. The van der Waals surface area contributed by atoms with Crippen molar-refractivity contribution >= 4 is 11.8 Å². The van der Waals surface area contributed by atoms with Crippen LogP contribution in [0.4, 0.5) is 11.8 Å². The molecule has 2 rings (SSSR count). The van der Waals surface area contributed by atoms with Crippen LogP contribution < -0.4 is 10.6 Å². The van der Waals surface area contributed by atoms with Crippen molar-refractivity contribution in [1.82, 2.24) is 9.97 Å². The van der Waals surface area contributed by atoms with Crippen molar-refractivity contribution in [2.45, 2.75) is 39.7 Å². The van der Waals surface area contributed by atoms with Crippen LogP contribution in [0.15, 0.2) is 12.3 Å². The maximum absolute atomic E-state index is 4.45. The van der Waals surface area contributed by atoms with Crippen molar-refractivity contribution < 1.29 is 0 Å². The number of aromatic nitrogens is 2. The van der Waals surface area contributed by atoms with E-state index in [2.05, 4.69) is 34.4 Å². The smallest absolute Gasteiger partial charge is 0.224 e. The van der Waals surface area contributed by atoms with Crippen molar-refractivity contribution in [3.63, 3.8) is 0 Å². The first-order valence-electron chi connectivity index (χ1n) is 6.54. The van der Waals surface area contributed by atoms with Gasteiger partial charge in [-0.3, -0.25) is 0 Å². The van der Waals surface area contributed by atoms with Gasteiger partial charge in [-0.2, -0.15) is 4.98 Å². The lowest BCUT2D eigenvalue weighted by molar-refractivity contribution is 0.435. The van der Waals surface area contributed by atoms with Gasteiger partial charge in [-0.1, -0.05) is 13.8 Å². The average Bonchev–Trinajstić information content (AvgIpc) is 2.62. The molecular formula is C13H22N4. The van der Waals surface area contributed by atoms with Gasteiger partial charge in [-0.25, -0.2) is 4.98 Å². The van der Waals surface area contributed by atoms with Crippen LogP contribution in [0.3, 0.4) is 0 Å². The lowest BCUT2D eigenvalue weighted by atomic mass is 9.98. The Balaban J connectivity index is 2.01. The van der Waals surface area contributed by atoms with Gasteiger partial charge in [0.05, 0.1) is 0 Å². The van der Waals surface area contributed by atoms with Gasteiger partial charge in [-0.05, 0) is 37.7 Å². The Labute approximate surface area is 103 Å². The summed E-state index contributed by atoms with van der Waals surface area (Å²) in [4.78, 5) is 8.63. The van der Waals surface area contributed by atoms with E-state index >= 15 is 0 Å². The van der Waals surface area contributed by atoms with E-state index in [0.717, 1.165) is 18.3 Å². The van der Waals surface area contributed by atoms with Gasteiger partial charge in [0.15, 0.2) is 0 Å². The van der Waals surface area contributed by atoms with E-state index in [1.54, 1.807) is 6.20 Å². The Kier molecular flexibility index (Phi) is 3.82. The highest BCUT2D eigenvalue weighted by atomic mass is 15.1. The van der Waals surface area contributed by atoms with Crippen molar-refractivity contribution in [3.8, 4) is 0 Å². The van der Waals surface area contributed by atoms with Crippen molar-refractivity contribution in [2.24, 2.45) is 11.8 Å². The molecule has 0 spiro atoms.